The van der Waals surface area contributed by atoms with Crippen LogP contribution in [-0.2, 0) is 26.1 Å². The lowest BCUT2D eigenvalue weighted by Crippen LogP contribution is -1.93. The third kappa shape index (κ3) is 5.16. The smallest absolute Gasteiger partial charge is 0.0681 e. The predicted molar refractivity (Wildman–Crippen MR) is 83.5 cm³/mol. The van der Waals surface area contributed by atoms with Crippen molar-refractivity contribution < 1.29 is 10.2 Å². The SMILES string of the molecule is CC.OCc1ccc(CCc2ccc(CO)cc2)cc1. The van der Waals surface area contributed by atoms with Crippen LogP contribution in [0.3, 0.4) is 0 Å². The molecule has 0 bridgehead atoms. The van der Waals surface area contributed by atoms with Crippen molar-refractivity contribution in [2.45, 2.75) is 39.9 Å². The molecule has 0 heterocycles. The van der Waals surface area contributed by atoms with Crippen molar-refractivity contribution in [1.29, 1.82) is 0 Å². The molecule has 0 atom stereocenters. The summed E-state index contributed by atoms with van der Waals surface area (Å²) in [6.07, 6.45) is 1.98. The van der Waals surface area contributed by atoms with E-state index < -0.39 is 0 Å². The van der Waals surface area contributed by atoms with Crippen molar-refractivity contribution >= 4 is 0 Å². The Morgan fingerprint density at radius 2 is 0.800 bits per heavy atom. The zero-order valence-electron chi connectivity index (χ0n) is 12.3. The van der Waals surface area contributed by atoms with Gasteiger partial charge in [0.2, 0.25) is 0 Å². The fourth-order valence-electron chi connectivity index (χ4n) is 1.91. The molecular formula is C18H24O2. The van der Waals surface area contributed by atoms with Gasteiger partial charge >= 0.3 is 0 Å². The van der Waals surface area contributed by atoms with Crippen LogP contribution in [0.25, 0.3) is 0 Å². The van der Waals surface area contributed by atoms with Crippen molar-refractivity contribution in [3.63, 3.8) is 0 Å². The van der Waals surface area contributed by atoms with E-state index in [9.17, 15) is 0 Å². The van der Waals surface area contributed by atoms with Crippen LogP contribution in [0.1, 0.15) is 36.1 Å². The summed E-state index contributed by atoms with van der Waals surface area (Å²) in [5, 5.41) is 17.9. The van der Waals surface area contributed by atoms with E-state index >= 15 is 0 Å². The third-order valence-electron chi connectivity index (χ3n) is 3.11. The van der Waals surface area contributed by atoms with Crippen molar-refractivity contribution in [2.24, 2.45) is 0 Å². The molecule has 0 aliphatic carbocycles. The maximum absolute atomic E-state index is 8.97. The summed E-state index contributed by atoms with van der Waals surface area (Å²) in [4.78, 5) is 0. The van der Waals surface area contributed by atoms with Gasteiger partial charge in [-0.3, -0.25) is 0 Å². The van der Waals surface area contributed by atoms with E-state index in [-0.39, 0.29) is 13.2 Å². The normalized spacial score (nSPS) is 9.80. The first-order valence-corrected chi connectivity index (χ1v) is 7.19. The van der Waals surface area contributed by atoms with Crippen LogP contribution >= 0.6 is 0 Å². The zero-order chi connectivity index (χ0) is 14.8. The summed E-state index contributed by atoms with van der Waals surface area (Å²) >= 11 is 0. The third-order valence-corrected chi connectivity index (χ3v) is 3.11. The predicted octanol–water partition coefficient (Wildman–Crippen LogP) is 3.48. The summed E-state index contributed by atoms with van der Waals surface area (Å²) in [7, 11) is 0. The molecule has 2 nitrogen and oxygen atoms in total. The maximum Gasteiger partial charge on any atom is 0.0681 e. The number of aliphatic hydroxyl groups is 2. The fourth-order valence-corrected chi connectivity index (χ4v) is 1.91. The molecule has 0 unspecified atom stereocenters. The van der Waals surface area contributed by atoms with E-state index in [2.05, 4.69) is 24.3 Å². The first-order valence-electron chi connectivity index (χ1n) is 7.19. The highest BCUT2D eigenvalue weighted by molar-refractivity contribution is 5.25. The summed E-state index contributed by atoms with van der Waals surface area (Å²) in [6, 6.07) is 16.1. The average Bonchev–Trinajstić information content (AvgIpc) is 2.55. The standard InChI is InChI=1S/C16H18O2.C2H6/c17-11-15-7-3-13(4-8-15)1-2-14-5-9-16(12-18)10-6-14;1-2/h3-10,17-18H,1-2,11-12H2;1-2H3. The van der Waals surface area contributed by atoms with Crippen molar-refractivity contribution in [1.82, 2.24) is 0 Å². The van der Waals surface area contributed by atoms with Crippen LogP contribution in [0.4, 0.5) is 0 Å². The van der Waals surface area contributed by atoms with Crippen molar-refractivity contribution in [3.8, 4) is 0 Å². The Kier molecular flexibility index (Phi) is 7.63. The van der Waals surface area contributed by atoms with E-state index in [0.717, 1.165) is 24.0 Å². The van der Waals surface area contributed by atoms with Gasteiger partial charge in [-0.05, 0) is 35.1 Å². The number of aryl methyl sites for hydroxylation is 2. The highest BCUT2D eigenvalue weighted by atomic mass is 16.3. The Labute approximate surface area is 121 Å². The Bertz CT molecular complexity index is 424. The molecule has 0 aromatic heterocycles. The van der Waals surface area contributed by atoms with Crippen LogP contribution in [0.2, 0.25) is 0 Å². The van der Waals surface area contributed by atoms with E-state index in [1.165, 1.54) is 11.1 Å². The molecule has 0 fully saturated rings. The lowest BCUT2D eigenvalue weighted by atomic mass is 10.0. The minimum atomic E-state index is 0.100. The lowest BCUT2D eigenvalue weighted by Gasteiger charge is -2.04. The second-order valence-corrected chi connectivity index (χ2v) is 4.45. The number of hydrogen-bond acceptors (Lipinski definition) is 2. The number of aliphatic hydroxyl groups excluding tert-OH is 2. The quantitative estimate of drug-likeness (QED) is 0.875. The molecule has 2 aromatic rings. The maximum atomic E-state index is 8.97. The van der Waals surface area contributed by atoms with E-state index in [4.69, 9.17) is 10.2 Å². The molecule has 2 heteroatoms. The van der Waals surface area contributed by atoms with Gasteiger partial charge in [-0.15, -0.1) is 0 Å². The van der Waals surface area contributed by atoms with Crippen LogP contribution in [0, 0.1) is 0 Å². The summed E-state index contributed by atoms with van der Waals surface area (Å²) < 4.78 is 0. The van der Waals surface area contributed by atoms with Crippen LogP contribution in [0.5, 0.6) is 0 Å². The molecule has 108 valence electrons. The minimum absolute atomic E-state index is 0.100. The Hall–Kier alpha value is -1.64. The lowest BCUT2D eigenvalue weighted by molar-refractivity contribution is 0.281. The summed E-state index contributed by atoms with van der Waals surface area (Å²) in [5.41, 5.74) is 4.45. The molecule has 0 saturated carbocycles. The van der Waals surface area contributed by atoms with Gasteiger partial charge in [-0.2, -0.15) is 0 Å². The van der Waals surface area contributed by atoms with E-state index in [0.29, 0.717) is 0 Å². The highest BCUT2D eigenvalue weighted by Gasteiger charge is 1.97. The molecule has 0 aliphatic rings. The second-order valence-electron chi connectivity index (χ2n) is 4.45. The number of rotatable bonds is 5. The first-order chi connectivity index (χ1) is 9.81. The largest absolute Gasteiger partial charge is 0.392 e. The van der Waals surface area contributed by atoms with Gasteiger partial charge in [-0.25, -0.2) is 0 Å². The van der Waals surface area contributed by atoms with Crippen LogP contribution in [0.15, 0.2) is 48.5 Å². The van der Waals surface area contributed by atoms with Crippen LogP contribution in [-0.4, -0.2) is 10.2 Å². The van der Waals surface area contributed by atoms with Gasteiger partial charge in [0.25, 0.3) is 0 Å². The summed E-state index contributed by atoms with van der Waals surface area (Å²) in [6.45, 7) is 4.20. The number of hydrogen-bond donors (Lipinski definition) is 2. The fraction of sp³-hybridized carbons (Fsp3) is 0.333. The molecule has 2 aromatic carbocycles. The molecule has 0 spiro atoms. The van der Waals surface area contributed by atoms with Crippen molar-refractivity contribution in [2.75, 3.05) is 0 Å². The first kappa shape index (κ1) is 16.4. The number of benzene rings is 2. The molecule has 0 aliphatic heterocycles. The molecule has 20 heavy (non-hydrogen) atoms. The highest BCUT2D eigenvalue weighted by Crippen LogP contribution is 2.10. The summed E-state index contributed by atoms with van der Waals surface area (Å²) in [5.74, 6) is 0. The minimum Gasteiger partial charge on any atom is -0.392 e. The van der Waals surface area contributed by atoms with Gasteiger partial charge in [-0.1, -0.05) is 62.4 Å². The Morgan fingerprint density at radius 3 is 1.05 bits per heavy atom. The zero-order valence-corrected chi connectivity index (χ0v) is 12.3. The molecule has 2 N–H and O–H groups in total. The van der Waals surface area contributed by atoms with Crippen molar-refractivity contribution in [3.05, 3.63) is 70.8 Å². The monoisotopic (exact) mass is 272 g/mol. The average molecular weight is 272 g/mol. The topological polar surface area (TPSA) is 40.5 Å². The molecule has 0 radical (unpaired) electrons. The Morgan fingerprint density at radius 1 is 0.550 bits per heavy atom. The van der Waals surface area contributed by atoms with Crippen LogP contribution < -0.4 is 0 Å². The van der Waals surface area contributed by atoms with Gasteiger partial charge < -0.3 is 10.2 Å². The van der Waals surface area contributed by atoms with E-state index in [1.54, 1.807) is 0 Å². The molecule has 2 rings (SSSR count). The van der Waals surface area contributed by atoms with E-state index in [1.807, 2.05) is 38.1 Å². The van der Waals surface area contributed by atoms with Gasteiger partial charge in [0.05, 0.1) is 13.2 Å². The molecular weight excluding hydrogens is 248 g/mol. The van der Waals surface area contributed by atoms with Gasteiger partial charge in [0.1, 0.15) is 0 Å². The second kappa shape index (κ2) is 9.29. The van der Waals surface area contributed by atoms with Gasteiger partial charge in [0, 0.05) is 0 Å². The molecule has 0 saturated heterocycles. The van der Waals surface area contributed by atoms with Gasteiger partial charge in [0.15, 0.2) is 0 Å². The molecule has 0 amide bonds. The Balaban J connectivity index is 0.000000956.